The highest BCUT2D eigenvalue weighted by Crippen LogP contribution is 2.40. The maximum atomic E-state index is 12.4. The third-order valence-electron chi connectivity index (χ3n) is 3.84. The lowest BCUT2D eigenvalue weighted by atomic mass is 10.1. The fourth-order valence-corrected chi connectivity index (χ4v) is 5.14. The number of piperidine rings is 1. The maximum Gasteiger partial charge on any atom is 0.408 e. The van der Waals surface area contributed by atoms with Crippen LogP contribution in [0.1, 0.15) is 18.4 Å². The molecule has 2 atom stereocenters. The fraction of sp³-hybridized carbons (Fsp3) is 0.429. The Morgan fingerprint density at radius 1 is 1.39 bits per heavy atom. The van der Waals surface area contributed by atoms with Crippen LogP contribution in [0.3, 0.4) is 0 Å². The Labute approximate surface area is 161 Å². The van der Waals surface area contributed by atoms with E-state index in [1.807, 2.05) is 0 Å². The summed E-state index contributed by atoms with van der Waals surface area (Å²) < 4.78 is 54.8. The van der Waals surface area contributed by atoms with Crippen LogP contribution in [0.4, 0.5) is 4.79 Å². The number of benzene rings is 1. The van der Waals surface area contributed by atoms with Crippen LogP contribution in [-0.2, 0) is 31.0 Å². The highest BCUT2D eigenvalue weighted by molar-refractivity contribution is 7.90. The predicted octanol–water partition coefficient (Wildman–Crippen LogP) is 0.372. The van der Waals surface area contributed by atoms with E-state index in [0.717, 1.165) is 0 Å². The van der Waals surface area contributed by atoms with Crippen LogP contribution >= 0.6 is 7.59 Å². The zero-order chi connectivity index (χ0) is 20.9. The Kier molecular flexibility index (Phi) is 7.01. The van der Waals surface area contributed by atoms with Gasteiger partial charge in [0.15, 0.2) is 0 Å². The summed E-state index contributed by atoms with van der Waals surface area (Å²) in [5, 5.41) is 2.33. The molecular weight excluding hydrogens is 415 g/mol. The zero-order valence-corrected chi connectivity index (χ0v) is 16.6. The van der Waals surface area contributed by atoms with Gasteiger partial charge in [-0.3, -0.25) is 24.1 Å². The Morgan fingerprint density at radius 3 is 2.61 bits per heavy atom. The van der Waals surface area contributed by atoms with Gasteiger partial charge < -0.3 is 14.8 Å². The largest absolute Gasteiger partial charge is 0.497 e. The van der Waals surface area contributed by atoms with Crippen molar-refractivity contribution in [3.8, 4) is 5.75 Å². The summed E-state index contributed by atoms with van der Waals surface area (Å²) in [6.45, 7) is -0.158. The molecule has 1 aromatic carbocycles. The molecule has 0 bridgehead atoms. The minimum atomic E-state index is -4.89. The van der Waals surface area contributed by atoms with Crippen molar-refractivity contribution in [2.75, 3.05) is 13.7 Å². The topological polar surface area (TPSA) is 177 Å². The number of hydrogen-bond acceptors (Lipinski definition) is 7. The van der Waals surface area contributed by atoms with Gasteiger partial charge in [0.1, 0.15) is 18.4 Å². The molecule has 156 valence electrons. The molecule has 0 aromatic heterocycles. The number of ether oxygens (including phenoxy) is 2. The molecule has 1 fully saturated rings. The Bertz CT molecular complexity index is 876. The second-order valence-electron chi connectivity index (χ2n) is 5.91. The normalized spacial score (nSPS) is 19.6. The first-order valence-corrected chi connectivity index (χ1v) is 11.2. The molecule has 1 aromatic rings. The summed E-state index contributed by atoms with van der Waals surface area (Å²) in [5.41, 5.74) is 6.07. The summed E-state index contributed by atoms with van der Waals surface area (Å²) in [7, 11) is -7.78. The van der Waals surface area contributed by atoms with Crippen molar-refractivity contribution in [2.24, 2.45) is 5.50 Å². The van der Waals surface area contributed by atoms with Crippen molar-refractivity contribution in [3.63, 3.8) is 0 Å². The van der Waals surface area contributed by atoms with Gasteiger partial charge in [-0.25, -0.2) is 4.79 Å². The molecule has 2 amide bonds. The van der Waals surface area contributed by atoms with Crippen LogP contribution in [0, 0.1) is 0 Å². The molecule has 14 heteroatoms. The SMILES string of the molecule is COc1ccc(COC(=O)N[C@@H]2CCCN([P@](N)(=O)NS(=O)(=O)O)C2=O)cc1. The van der Waals surface area contributed by atoms with E-state index in [1.165, 1.54) is 11.6 Å². The first-order valence-electron chi connectivity index (χ1n) is 8.05. The van der Waals surface area contributed by atoms with Gasteiger partial charge in [-0.05, 0) is 30.5 Å². The number of nitrogens with two attached hydrogens (primary N) is 1. The molecule has 0 radical (unpaired) electrons. The van der Waals surface area contributed by atoms with E-state index < -0.39 is 35.9 Å². The van der Waals surface area contributed by atoms with E-state index in [4.69, 9.17) is 19.5 Å². The van der Waals surface area contributed by atoms with Gasteiger partial charge in [-0.1, -0.05) is 12.1 Å². The highest BCUT2D eigenvalue weighted by Gasteiger charge is 2.40. The Balaban J connectivity index is 1.94. The van der Waals surface area contributed by atoms with Gasteiger partial charge in [0.25, 0.3) is 5.91 Å². The molecule has 12 nitrogen and oxygen atoms in total. The molecule has 1 aliphatic heterocycles. The van der Waals surface area contributed by atoms with Gasteiger partial charge in [-0.15, -0.1) is 4.49 Å². The van der Waals surface area contributed by atoms with E-state index >= 15 is 0 Å². The van der Waals surface area contributed by atoms with Crippen molar-refractivity contribution >= 4 is 29.9 Å². The molecule has 2 rings (SSSR count). The third-order valence-corrected chi connectivity index (χ3v) is 6.92. The van der Waals surface area contributed by atoms with E-state index in [9.17, 15) is 22.6 Å². The Morgan fingerprint density at radius 2 is 2.04 bits per heavy atom. The Hall–Kier alpha value is -2.18. The van der Waals surface area contributed by atoms with E-state index in [1.54, 1.807) is 24.3 Å². The number of nitrogens with zero attached hydrogens (tertiary/aromatic N) is 1. The second kappa shape index (κ2) is 8.88. The highest BCUT2D eigenvalue weighted by atomic mass is 32.2. The monoisotopic (exact) mass is 436 g/mol. The average molecular weight is 436 g/mol. The van der Waals surface area contributed by atoms with Crippen molar-refractivity contribution < 1.29 is 36.6 Å². The first kappa shape index (κ1) is 22.1. The number of nitrogens with one attached hydrogen (secondary N) is 2. The van der Waals surface area contributed by atoms with Crippen molar-refractivity contribution in [2.45, 2.75) is 25.5 Å². The first-order chi connectivity index (χ1) is 13.0. The number of methoxy groups -OCH3 is 1. The summed E-state index contributed by atoms with van der Waals surface area (Å²) >= 11 is 0. The number of carbonyl (C=O) groups excluding carboxylic acids is 2. The van der Waals surface area contributed by atoms with E-state index in [-0.39, 0.29) is 19.6 Å². The number of alkyl carbamates (subject to hydrolysis) is 1. The minimum Gasteiger partial charge on any atom is -0.497 e. The molecule has 0 saturated carbocycles. The third kappa shape index (κ3) is 6.17. The molecule has 28 heavy (non-hydrogen) atoms. The molecule has 0 spiro atoms. The summed E-state index contributed by atoms with van der Waals surface area (Å²) in [4.78, 5) is 24.4. The lowest BCUT2D eigenvalue weighted by molar-refractivity contribution is -0.130. The lowest BCUT2D eigenvalue weighted by Gasteiger charge is -2.35. The minimum absolute atomic E-state index is 0.0554. The van der Waals surface area contributed by atoms with Crippen LogP contribution in [0.15, 0.2) is 24.3 Å². The fourth-order valence-electron chi connectivity index (χ4n) is 2.56. The van der Waals surface area contributed by atoms with E-state index in [2.05, 4.69) is 5.32 Å². The molecule has 5 N–H and O–H groups in total. The van der Waals surface area contributed by atoms with Gasteiger partial charge in [0, 0.05) is 6.54 Å². The second-order valence-corrected chi connectivity index (χ2v) is 9.32. The van der Waals surface area contributed by atoms with Crippen LogP contribution in [0.5, 0.6) is 5.75 Å². The van der Waals surface area contributed by atoms with Gasteiger partial charge in [0.2, 0.25) is 0 Å². The van der Waals surface area contributed by atoms with Gasteiger partial charge in [0.05, 0.1) is 7.11 Å². The van der Waals surface area contributed by atoms with Gasteiger partial charge in [-0.2, -0.15) is 8.42 Å². The molecule has 0 aliphatic carbocycles. The number of amides is 2. The molecule has 0 unspecified atom stereocenters. The summed E-state index contributed by atoms with van der Waals surface area (Å²) in [6, 6.07) is 5.69. The molecular formula is C14H21N4O8PS. The molecule has 1 heterocycles. The maximum absolute atomic E-state index is 12.4. The average Bonchev–Trinajstić information content (AvgIpc) is 2.60. The van der Waals surface area contributed by atoms with Crippen LogP contribution in [0.2, 0.25) is 0 Å². The quantitative estimate of drug-likeness (QED) is 0.347. The summed E-state index contributed by atoms with van der Waals surface area (Å²) in [6.07, 6.45) is -0.367. The molecule has 1 saturated heterocycles. The number of carbonyl (C=O) groups is 2. The van der Waals surface area contributed by atoms with Crippen molar-refractivity contribution in [1.29, 1.82) is 0 Å². The number of hydrogen-bond donors (Lipinski definition) is 4. The van der Waals surface area contributed by atoms with Crippen LogP contribution < -0.4 is 20.1 Å². The van der Waals surface area contributed by atoms with Crippen LogP contribution in [0.25, 0.3) is 0 Å². The zero-order valence-electron chi connectivity index (χ0n) is 14.9. The smallest absolute Gasteiger partial charge is 0.408 e. The van der Waals surface area contributed by atoms with Gasteiger partial charge >= 0.3 is 24.0 Å². The van der Waals surface area contributed by atoms with Crippen LogP contribution in [-0.4, -0.2) is 49.3 Å². The predicted molar refractivity (Wildman–Crippen MR) is 97.5 cm³/mol. The molecule has 1 aliphatic rings. The lowest BCUT2D eigenvalue weighted by Crippen LogP contribution is -2.53. The van der Waals surface area contributed by atoms with Crippen molar-refractivity contribution in [3.05, 3.63) is 29.8 Å². The van der Waals surface area contributed by atoms with Crippen molar-refractivity contribution in [1.82, 2.24) is 14.5 Å². The number of rotatable bonds is 7. The van der Waals surface area contributed by atoms with E-state index in [0.29, 0.717) is 22.4 Å². The summed E-state index contributed by atoms with van der Waals surface area (Å²) in [5.74, 6) is -0.208. The standard InChI is InChI=1S/C14H21N4O8PS/c1-25-11-6-4-10(5-7-11)9-26-14(20)16-12-3-2-8-18(13(12)19)27(15,21)17-28(22,23)24/h4-7,12H,2-3,8-9H2,1H3,(H,16,20)(H3,15,17,21)(H,22,23,24)/t12-,27-/m1/s1.